The summed E-state index contributed by atoms with van der Waals surface area (Å²) in [6.45, 7) is 12.0. The highest BCUT2D eigenvalue weighted by molar-refractivity contribution is 5.29. The van der Waals surface area contributed by atoms with E-state index in [9.17, 15) is 0 Å². The molecule has 3 rings (SSSR count). The number of fused-ring (bicyclic) bond motifs is 4. The van der Waals surface area contributed by atoms with E-state index < -0.39 is 0 Å². The van der Waals surface area contributed by atoms with E-state index in [4.69, 9.17) is 4.74 Å². The van der Waals surface area contributed by atoms with Crippen LogP contribution in [0.15, 0.2) is 11.6 Å². The number of hydrogen-bond acceptors (Lipinski definition) is 1. The van der Waals surface area contributed by atoms with Gasteiger partial charge in [0.05, 0.1) is 12.2 Å². The summed E-state index contributed by atoms with van der Waals surface area (Å²) in [5.74, 6) is 1.49. The lowest BCUT2D eigenvalue weighted by atomic mass is 9.52. The maximum Gasteiger partial charge on any atom is 0.0820 e. The molecule has 0 aromatic rings. The molecule has 2 bridgehead atoms. The summed E-state index contributed by atoms with van der Waals surface area (Å²) in [4.78, 5) is 0. The van der Waals surface area contributed by atoms with E-state index in [0.29, 0.717) is 29.0 Å². The van der Waals surface area contributed by atoms with Gasteiger partial charge in [-0.2, -0.15) is 0 Å². The van der Waals surface area contributed by atoms with Crippen LogP contribution in [0.4, 0.5) is 0 Å². The van der Waals surface area contributed by atoms with Gasteiger partial charge >= 0.3 is 0 Å². The highest BCUT2D eigenvalue weighted by atomic mass is 16.5. The molecule has 6 atom stereocenters. The Kier molecular flexibility index (Phi) is 2.34. The van der Waals surface area contributed by atoms with Gasteiger partial charge < -0.3 is 4.74 Å². The molecule has 1 heterocycles. The Labute approximate surface area is 106 Å². The largest absolute Gasteiger partial charge is 0.370 e. The Balaban J connectivity index is 2.04. The first-order valence-corrected chi connectivity index (χ1v) is 7.23. The molecule has 0 amide bonds. The monoisotopic (exact) mass is 234 g/mol. The van der Waals surface area contributed by atoms with E-state index in [-0.39, 0.29) is 0 Å². The zero-order chi connectivity index (χ0) is 12.4. The number of allylic oxidation sites excluding steroid dienone is 1. The average molecular weight is 234 g/mol. The second kappa shape index (κ2) is 3.38. The van der Waals surface area contributed by atoms with Crippen molar-refractivity contribution in [3.63, 3.8) is 0 Å². The van der Waals surface area contributed by atoms with Gasteiger partial charge in [0.1, 0.15) is 0 Å². The Hall–Kier alpha value is -0.300. The average Bonchev–Trinajstić information content (AvgIpc) is 2.42. The van der Waals surface area contributed by atoms with Crippen molar-refractivity contribution in [2.75, 3.05) is 0 Å². The van der Waals surface area contributed by atoms with Crippen molar-refractivity contribution in [3.05, 3.63) is 11.6 Å². The molecule has 1 aliphatic heterocycles. The first-order chi connectivity index (χ1) is 7.88. The summed E-state index contributed by atoms with van der Waals surface area (Å²) < 4.78 is 6.48. The smallest absolute Gasteiger partial charge is 0.0820 e. The Morgan fingerprint density at radius 3 is 2.71 bits per heavy atom. The van der Waals surface area contributed by atoms with Crippen LogP contribution in [-0.2, 0) is 4.74 Å². The molecule has 2 fully saturated rings. The van der Waals surface area contributed by atoms with Crippen molar-refractivity contribution < 1.29 is 4.74 Å². The Morgan fingerprint density at radius 1 is 1.29 bits per heavy atom. The van der Waals surface area contributed by atoms with E-state index in [2.05, 4.69) is 40.7 Å². The van der Waals surface area contributed by atoms with Gasteiger partial charge in [0.15, 0.2) is 0 Å². The van der Waals surface area contributed by atoms with Gasteiger partial charge in [-0.1, -0.05) is 33.8 Å². The molecule has 0 aromatic carbocycles. The molecule has 1 nitrogen and oxygen atoms in total. The normalized spacial score (nSPS) is 57.6. The first-order valence-electron chi connectivity index (χ1n) is 7.23. The summed E-state index contributed by atoms with van der Waals surface area (Å²) in [6.07, 6.45) is 7.37. The third-order valence-corrected chi connectivity index (χ3v) is 6.40. The Bertz CT molecular complexity index is 372. The van der Waals surface area contributed by atoms with Gasteiger partial charge in [0, 0.05) is 5.41 Å². The minimum atomic E-state index is 0.352. The molecule has 3 aliphatic rings. The zero-order valence-corrected chi connectivity index (χ0v) is 11.9. The van der Waals surface area contributed by atoms with Gasteiger partial charge in [0.2, 0.25) is 0 Å². The molecule has 1 heteroatoms. The van der Waals surface area contributed by atoms with Gasteiger partial charge in [0.25, 0.3) is 0 Å². The number of rotatable bonds is 0. The van der Waals surface area contributed by atoms with Crippen molar-refractivity contribution in [2.45, 2.75) is 66.1 Å². The third kappa shape index (κ3) is 1.30. The van der Waals surface area contributed by atoms with Crippen LogP contribution < -0.4 is 0 Å². The van der Waals surface area contributed by atoms with E-state index in [0.717, 1.165) is 5.92 Å². The van der Waals surface area contributed by atoms with Gasteiger partial charge in [-0.15, -0.1) is 0 Å². The molecule has 2 aliphatic carbocycles. The Morgan fingerprint density at radius 2 is 2.00 bits per heavy atom. The highest BCUT2D eigenvalue weighted by Gasteiger charge is 2.61. The van der Waals surface area contributed by atoms with Crippen molar-refractivity contribution in [1.29, 1.82) is 0 Å². The lowest BCUT2D eigenvalue weighted by Gasteiger charge is -2.58. The summed E-state index contributed by atoms with van der Waals surface area (Å²) >= 11 is 0. The molecular formula is C16H26O. The lowest BCUT2D eigenvalue weighted by Crippen LogP contribution is -2.57. The molecule has 1 saturated carbocycles. The van der Waals surface area contributed by atoms with E-state index in [1.165, 1.54) is 24.8 Å². The second-order valence-corrected chi connectivity index (χ2v) is 7.30. The van der Waals surface area contributed by atoms with Crippen molar-refractivity contribution in [1.82, 2.24) is 0 Å². The van der Waals surface area contributed by atoms with Gasteiger partial charge in [-0.05, 0) is 49.0 Å². The van der Waals surface area contributed by atoms with Crippen LogP contribution in [0.5, 0.6) is 0 Å². The summed E-state index contributed by atoms with van der Waals surface area (Å²) in [5, 5.41) is 0. The standard InChI is InChI=1S/C16H26O/c1-10-6-7-15(4)13(8-10)17-14-11(2)9-16(15,5)12(14)3/h9-10,12-14H,6-8H2,1-5H3/t10-,12-,13-,14-,15+,16+/m1/s1. The number of ether oxygens (including phenoxy) is 1. The molecule has 0 spiro atoms. The quantitative estimate of drug-likeness (QED) is 0.571. The van der Waals surface area contributed by atoms with E-state index >= 15 is 0 Å². The van der Waals surface area contributed by atoms with Crippen LogP contribution in [0.3, 0.4) is 0 Å². The van der Waals surface area contributed by atoms with Crippen LogP contribution in [0.2, 0.25) is 0 Å². The molecule has 0 aromatic heterocycles. The second-order valence-electron chi connectivity index (χ2n) is 7.30. The molecule has 1 saturated heterocycles. The first kappa shape index (κ1) is 11.8. The zero-order valence-electron chi connectivity index (χ0n) is 11.9. The number of hydrogen-bond donors (Lipinski definition) is 0. The van der Waals surface area contributed by atoms with Crippen LogP contribution >= 0.6 is 0 Å². The molecule has 0 unspecified atom stereocenters. The maximum atomic E-state index is 6.48. The molecular weight excluding hydrogens is 208 g/mol. The van der Waals surface area contributed by atoms with Crippen molar-refractivity contribution >= 4 is 0 Å². The fraction of sp³-hybridized carbons (Fsp3) is 0.875. The van der Waals surface area contributed by atoms with E-state index in [1.54, 1.807) is 0 Å². The fourth-order valence-electron chi connectivity index (χ4n) is 4.76. The van der Waals surface area contributed by atoms with Crippen LogP contribution in [0.25, 0.3) is 0 Å². The summed E-state index contributed by atoms with van der Waals surface area (Å²) in [7, 11) is 0. The third-order valence-electron chi connectivity index (χ3n) is 6.40. The van der Waals surface area contributed by atoms with Crippen LogP contribution in [0.1, 0.15) is 53.9 Å². The fourth-order valence-corrected chi connectivity index (χ4v) is 4.76. The van der Waals surface area contributed by atoms with Crippen molar-refractivity contribution in [2.24, 2.45) is 22.7 Å². The van der Waals surface area contributed by atoms with Crippen LogP contribution in [-0.4, -0.2) is 12.2 Å². The minimum absolute atomic E-state index is 0.352. The minimum Gasteiger partial charge on any atom is -0.370 e. The molecule has 17 heavy (non-hydrogen) atoms. The molecule has 0 N–H and O–H groups in total. The van der Waals surface area contributed by atoms with Gasteiger partial charge in [-0.25, -0.2) is 0 Å². The lowest BCUT2D eigenvalue weighted by molar-refractivity contribution is -0.203. The van der Waals surface area contributed by atoms with E-state index in [1.807, 2.05) is 0 Å². The predicted octanol–water partition coefficient (Wildman–Crippen LogP) is 4.18. The predicted molar refractivity (Wildman–Crippen MR) is 70.8 cm³/mol. The highest BCUT2D eigenvalue weighted by Crippen LogP contribution is 2.64. The van der Waals surface area contributed by atoms with Crippen LogP contribution in [0, 0.1) is 22.7 Å². The summed E-state index contributed by atoms with van der Waals surface area (Å²) in [5.41, 5.74) is 2.18. The topological polar surface area (TPSA) is 9.23 Å². The molecule has 96 valence electrons. The molecule has 0 radical (unpaired) electrons. The summed E-state index contributed by atoms with van der Waals surface area (Å²) in [6, 6.07) is 0. The van der Waals surface area contributed by atoms with Gasteiger partial charge in [-0.3, -0.25) is 0 Å². The maximum absolute atomic E-state index is 6.48. The van der Waals surface area contributed by atoms with Crippen molar-refractivity contribution in [3.8, 4) is 0 Å². The SMILES string of the molecule is CC1=C[C@@]2(C)[C@H](C)[C@@H]1O[C@@H]1C[C@H](C)CC[C@@]12C.